The molecule has 1 amide bonds. The molecule has 1 heterocycles. The van der Waals surface area contributed by atoms with Crippen LogP contribution in [-0.4, -0.2) is 37.5 Å². The molecule has 1 fully saturated rings. The first kappa shape index (κ1) is 19.5. The van der Waals surface area contributed by atoms with Crippen LogP contribution in [0, 0.1) is 11.7 Å². The molecule has 0 bridgehead atoms. The molecule has 0 radical (unpaired) electrons. The van der Waals surface area contributed by atoms with Crippen LogP contribution in [-0.2, 0) is 21.2 Å². The predicted octanol–water partition coefficient (Wildman–Crippen LogP) is 3.05. The van der Waals surface area contributed by atoms with E-state index >= 15 is 0 Å². The molecule has 0 saturated carbocycles. The second kappa shape index (κ2) is 8.63. The molecule has 7 heteroatoms. The first-order chi connectivity index (χ1) is 12.9. The number of nitrogens with one attached hydrogen (secondary N) is 1. The number of halogens is 1. The van der Waals surface area contributed by atoms with Gasteiger partial charge in [-0.15, -0.1) is 0 Å². The zero-order valence-corrected chi connectivity index (χ0v) is 15.8. The Morgan fingerprint density at radius 2 is 1.78 bits per heavy atom. The second-order valence-corrected chi connectivity index (χ2v) is 8.81. The molecule has 0 aliphatic carbocycles. The Bertz CT molecular complexity index is 879. The molecule has 27 heavy (non-hydrogen) atoms. The molecule has 1 saturated heterocycles. The van der Waals surface area contributed by atoms with Crippen LogP contribution >= 0.6 is 0 Å². The Kier molecular flexibility index (Phi) is 6.23. The van der Waals surface area contributed by atoms with E-state index in [0.29, 0.717) is 38.0 Å². The second-order valence-electron chi connectivity index (χ2n) is 6.72. The van der Waals surface area contributed by atoms with Gasteiger partial charge in [0.25, 0.3) is 0 Å². The average molecular weight is 390 g/mol. The Balaban J connectivity index is 1.51. The molecule has 0 spiro atoms. The van der Waals surface area contributed by atoms with E-state index in [2.05, 4.69) is 5.32 Å². The summed E-state index contributed by atoms with van der Waals surface area (Å²) in [5, 5.41) is 2.71. The number of hydrogen-bond acceptors (Lipinski definition) is 3. The lowest BCUT2D eigenvalue weighted by atomic mass is 9.97. The van der Waals surface area contributed by atoms with E-state index in [-0.39, 0.29) is 17.6 Å². The summed E-state index contributed by atoms with van der Waals surface area (Å²) in [4.78, 5) is 12.3. The molecule has 3 rings (SSSR count). The fourth-order valence-electron chi connectivity index (χ4n) is 3.23. The number of carbonyl (C=O) groups is 1. The molecular weight excluding hydrogens is 367 g/mol. The van der Waals surface area contributed by atoms with Crippen molar-refractivity contribution in [1.29, 1.82) is 0 Å². The van der Waals surface area contributed by atoms with Gasteiger partial charge in [-0.3, -0.25) is 4.79 Å². The van der Waals surface area contributed by atoms with Crippen molar-refractivity contribution in [3.63, 3.8) is 0 Å². The Hall–Kier alpha value is -2.25. The minimum absolute atomic E-state index is 0.0666. The summed E-state index contributed by atoms with van der Waals surface area (Å²) in [5.41, 5.74) is 1.41. The summed E-state index contributed by atoms with van der Waals surface area (Å²) in [7, 11) is -3.34. The highest BCUT2D eigenvalue weighted by atomic mass is 32.2. The van der Waals surface area contributed by atoms with Gasteiger partial charge in [0, 0.05) is 24.7 Å². The highest BCUT2D eigenvalue weighted by Gasteiger charge is 2.30. The van der Waals surface area contributed by atoms with Crippen LogP contribution in [0.5, 0.6) is 0 Å². The number of amides is 1. The van der Waals surface area contributed by atoms with Crippen molar-refractivity contribution in [3.8, 4) is 0 Å². The number of aryl methyl sites for hydroxylation is 1. The summed E-state index contributed by atoms with van der Waals surface area (Å²) in [6, 6.07) is 15.3. The molecule has 1 aliphatic heterocycles. The third kappa shape index (κ3) is 5.37. The third-order valence-electron chi connectivity index (χ3n) is 4.80. The lowest BCUT2D eigenvalue weighted by Gasteiger charge is -2.30. The number of carbonyl (C=O) groups excluding carboxylic acids is 1. The highest BCUT2D eigenvalue weighted by Crippen LogP contribution is 2.22. The molecule has 0 aromatic heterocycles. The lowest BCUT2D eigenvalue weighted by molar-refractivity contribution is -0.120. The van der Waals surface area contributed by atoms with E-state index in [1.165, 1.54) is 22.5 Å². The van der Waals surface area contributed by atoms with Gasteiger partial charge < -0.3 is 5.32 Å². The van der Waals surface area contributed by atoms with Crippen molar-refractivity contribution in [2.24, 2.45) is 5.92 Å². The number of piperidine rings is 1. The first-order valence-electron chi connectivity index (χ1n) is 9.02. The van der Waals surface area contributed by atoms with Crippen LogP contribution in [0.1, 0.15) is 18.4 Å². The lowest BCUT2D eigenvalue weighted by Crippen LogP contribution is -2.42. The van der Waals surface area contributed by atoms with Crippen molar-refractivity contribution >= 4 is 21.6 Å². The van der Waals surface area contributed by atoms with Gasteiger partial charge in [0.2, 0.25) is 15.9 Å². The zero-order valence-electron chi connectivity index (χ0n) is 15.0. The molecular formula is C20H23FN2O3S. The third-order valence-corrected chi connectivity index (χ3v) is 6.67. The maximum Gasteiger partial charge on any atom is 0.227 e. The van der Waals surface area contributed by atoms with E-state index < -0.39 is 15.8 Å². The van der Waals surface area contributed by atoms with Crippen LogP contribution in [0.15, 0.2) is 54.6 Å². The monoisotopic (exact) mass is 390 g/mol. The quantitative estimate of drug-likeness (QED) is 0.824. The Labute approximate surface area is 159 Å². The molecule has 1 N–H and O–H groups in total. The number of anilines is 1. The van der Waals surface area contributed by atoms with Crippen LogP contribution in [0.25, 0.3) is 0 Å². The van der Waals surface area contributed by atoms with Crippen molar-refractivity contribution in [3.05, 3.63) is 66.0 Å². The summed E-state index contributed by atoms with van der Waals surface area (Å²) in [6.45, 7) is 0.663. The average Bonchev–Trinajstić information content (AvgIpc) is 2.67. The van der Waals surface area contributed by atoms with Gasteiger partial charge in [-0.25, -0.2) is 17.1 Å². The standard InChI is InChI=1S/C20H23FN2O3S/c21-18-7-4-8-19(15-18)22-20(24)17-9-12-23(13-10-17)27(25,26)14-11-16-5-2-1-3-6-16/h1-8,15,17H,9-14H2,(H,22,24). The van der Waals surface area contributed by atoms with Crippen molar-refractivity contribution in [2.75, 3.05) is 24.2 Å². The Morgan fingerprint density at radius 3 is 2.44 bits per heavy atom. The SMILES string of the molecule is O=C(Nc1cccc(F)c1)C1CCN(S(=O)(=O)CCc2ccccc2)CC1. The van der Waals surface area contributed by atoms with Crippen LogP contribution < -0.4 is 5.32 Å². The number of benzene rings is 2. The summed E-state index contributed by atoms with van der Waals surface area (Å²) < 4.78 is 39.8. The summed E-state index contributed by atoms with van der Waals surface area (Å²) in [5.74, 6) is -0.806. The fourth-order valence-corrected chi connectivity index (χ4v) is 4.75. The van der Waals surface area contributed by atoms with Crippen LogP contribution in [0.2, 0.25) is 0 Å². The van der Waals surface area contributed by atoms with Gasteiger partial charge in [0.15, 0.2) is 0 Å². The van der Waals surface area contributed by atoms with Gasteiger partial charge in [0.1, 0.15) is 5.82 Å². The molecule has 0 atom stereocenters. The zero-order chi connectivity index (χ0) is 19.3. The van der Waals surface area contributed by atoms with Crippen molar-refractivity contribution in [1.82, 2.24) is 4.31 Å². The van der Waals surface area contributed by atoms with Crippen molar-refractivity contribution in [2.45, 2.75) is 19.3 Å². The van der Waals surface area contributed by atoms with E-state index in [9.17, 15) is 17.6 Å². The topological polar surface area (TPSA) is 66.5 Å². The van der Waals surface area contributed by atoms with Gasteiger partial charge in [0.05, 0.1) is 5.75 Å². The highest BCUT2D eigenvalue weighted by molar-refractivity contribution is 7.89. The van der Waals surface area contributed by atoms with Gasteiger partial charge in [-0.05, 0) is 43.0 Å². The van der Waals surface area contributed by atoms with Crippen LogP contribution in [0.3, 0.4) is 0 Å². The van der Waals surface area contributed by atoms with Crippen molar-refractivity contribution < 1.29 is 17.6 Å². The van der Waals surface area contributed by atoms with Crippen LogP contribution in [0.4, 0.5) is 10.1 Å². The maximum absolute atomic E-state index is 13.2. The number of sulfonamides is 1. The van der Waals surface area contributed by atoms with E-state index in [1.807, 2.05) is 30.3 Å². The maximum atomic E-state index is 13.2. The number of nitrogens with zero attached hydrogens (tertiary/aromatic N) is 1. The molecule has 144 valence electrons. The van der Waals surface area contributed by atoms with E-state index in [4.69, 9.17) is 0 Å². The molecule has 2 aromatic carbocycles. The molecule has 5 nitrogen and oxygen atoms in total. The number of hydrogen-bond donors (Lipinski definition) is 1. The minimum Gasteiger partial charge on any atom is -0.326 e. The summed E-state index contributed by atoms with van der Waals surface area (Å²) in [6.07, 6.45) is 1.40. The summed E-state index contributed by atoms with van der Waals surface area (Å²) >= 11 is 0. The van der Waals surface area contributed by atoms with Gasteiger partial charge >= 0.3 is 0 Å². The predicted molar refractivity (Wildman–Crippen MR) is 103 cm³/mol. The first-order valence-corrected chi connectivity index (χ1v) is 10.6. The normalized spacial score (nSPS) is 16.2. The smallest absolute Gasteiger partial charge is 0.227 e. The molecule has 1 aliphatic rings. The van der Waals surface area contributed by atoms with E-state index in [0.717, 1.165) is 5.56 Å². The molecule has 0 unspecified atom stereocenters. The molecule has 2 aromatic rings. The minimum atomic E-state index is -3.34. The van der Waals surface area contributed by atoms with Gasteiger partial charge in [-0.2, -0.15) is 0 Å². The largest absolute Gasteiger partial charge is 0.326 e. The van der Waals surface area contributed by atoms with Gasteiger partial charge in [-0.1, -0.05) is 36.4 Å². The fraction of sp³-hybridized carbons (Fsp3) is 0.350. The number of rotatable bonds is 6. The Morgan fingerprint density at radius 1 is 1.07 bits per heavy atom. The van der Waals surface area contributed by atoms with E-state index in [1.54, 1.807) is 6.07 Å².